The number of carbonyl (C=O) groups excluding carboxylic acids is 2. The third kappa shape index (κ3) is 5.71. The van der Waals surface area contributed by atoms with Crippen LogP contribution in [-0.2, 0) is 14.9 Å². The Morgan fingerprint density at radius 1 is 1.16 bits per heavy atom. The zero-order valence-corrected chi connectivity index (χ0v) is 18.2. The van der Waals surface area contributed by atoms with Crippen LogP contribution in [0.5, 0.6) is 5.75 Å². The highest BCUT2D eigenvalue weighted by molar-refractivity contribution is 5.94. The van der Waals surface area contributed by atoms with Gasteiger partial charge in [0.2, 0.25) is 0 Å². The van der Waals surface area contributed by atoms with E-state index in [0.717, 1.165) is 37.8 Å². The van der Waals surface area contributed by atoms with E-state index in [4.69, 9.17) is 4.74 Å². The lowest BCUT2D eigenvalue weighted by Crippen LogP contribution is -2.41. The molecule has 1 amide bonds. The van der Waals surface area contributed by atoms with Crippen LogP contribution < -0.4 is 5.32 Å². The van der Waals surface area contributed by atoms with E-state index in [1.165, 1.54) is 5.56 Å². The Morgan fingerprint density at radius 3 is 2.61 bits per heavy atom. The topological polar surface area (TPSA) is 78.9 Å². The monoisotopic (exact) mass is 424 g/mol. The number of piperidine rings is 1. The van der Waals surface area contributed by atoms with Crippen LogP contribution in [0.15, 0.2) is 48.5 Å². The molecular formula is C25H32N2O4. The smallest absolute Gasteiger partial charge is 0.251 e. The molecule has 2 N–H and O–H groups in total. The molecule has 0 atom stereocenters. The van der Waals surface area contributed by atoms with Gasteiger partial charge in [0.15, 0.2) is 0 Å². The number of hydrogen-bond donors (Lipinski definition) is 2. The van der Waals surface area contributed by atoms with Crippen LogP contribution in [0.1, 0.15) is 47.2 Å². The van der Waals surface area contributed by atoms with E-state index in [1.807, 2.05) is 24.3 Å². The minimum atomic E-state index is -0.319. The fraction of sp³-hybridized carbons (Fsp3) is 0.440. The Hall–Kier alpha value is -2.70. The first kappa shape index (κ1) is 23.0. The van der Waals surface area contributed by atoms with Gasteiger partial charge in [-0.15, -0.1) is 0 Å². The minimum absolute atomic E-state index is 0.162. The number of benzene rings is 2. The Balaban J connectivity index is 1.75. The van der Waals surface area contributed by atoms with E-state index in [9.17, 15) is 14.7 Å². The standard InChI is InChI=1S/C25H32N2O4/c1-27-14-11-25(12-15-27,21-7-3-2-4-8-21)22-19-20(9-10-23(22)29)24(30)26-13-5-17-31-18-6-16-28/h2-4,7-10,16,19,29H,5-6,11-15,17-18H2,1H3,(H,26,30). The first-order valence-corrected chi connectivity index (χ1v) is 10.9. The van der Waals surface area contributed by atoms with E-state index in [1.54, 1.807) is 12.1 Å². The van der Waals surface area contributed by atoms with Crippen molar-refractivity contribution in [2.75, 3.05) is 39.9 Å². The molecule has 2 aromatic rings. The van der Waals surface area contributed by atoms with Gasteiger partial charge in [0, 0.05) is 36.1 Å². The zero-order valence-electron chi connectivity index (χ0n) is 18.2. The van der Waals surface area contributed by atoms with E-state index in [0.29, 0.717) is 38.2 Å². The summed E-state index contributed by atoms with van der Waals surface area (Å²) < 4.78 is 5.33. The maximum Gasteiger partial charge on any atom is 0.251 e. The molecule has 6 heteroatoms. The van der Waals surface area contributed by atoms with Crippen molar-refractivity contribution in [3.63, 3.8) is 0 Å². The molecule has 0 saturated carbocycles. The van der Waals surface area contributed by atoms with Crippen LogP contribution in [0.3, 0.4) is 0 Å². The van der Waals surface area contributed by atoms with Gasteiger partial charge in [-0.1, -0.05) is 30.3 Å². The Bertz CT molecular complexity index is 861. The Kier molecular flexibility index (Phi) is 8.20. The second kappa shape index (κ2) is 11.1. The lowest BCUT2D eigenvalue weighted by Gasteiger charge is -2.42. The normalized spacial score (nSPS) is 16.0. The average molecular weight is 425 g/mol. The molecular weight excluding hydrogens is 392 g/mol. The fourth-order valence-electron chi connectivity index (χ4n) is 4.24. The van der Waals surface area contributed by atoms with Crippen molar-refractivity contribution in [3.05, 3.63) is 65.2 Å². The number of likely N-dealkylation sites (tertiary alicyclic amines) is 1. The van der Waals surface area contributed by atoms with Crippen molar-refractivity contribution in [1.29, 1.82) is 0 Å². The van der Waals surface area contributed by atoms with Crippen molar-refractivity contribution in [1.82, 2.24) is 10.2 Å². The summed E-state index contributed by atoms with van der Waals surface area (Å²) >= 11 is 0. The van der Waals surface area contributed by atoms with Crippen LogP contribution in [0.2, 0.25) is 0 Å². The lowest BCUT2D eigenvalue weighted by molar-refractivity contribution is -0.108. The summed E-state index contributed by atoms with van der Waals surface area (Å²) in [5.41, 5.74) is 2.21. The maximum absolute atomic E-state index is 12.7. The van der Waals surface area contributed by atoms with E-state index >= 15 is 0 Å². The van der Waals surface area contributed by atoms with E-state index in [-0.39, 0.29) is 17.1 Å². The molecule has 6 nitrogen and oxygen atoms in total. The number of nitrogens with zero attached hydrogens (tertiary/aromatic N) is 1. The summed E-state index contributed by atoms with van der Waals surface area (Å²) in [4.78, 5) is 25.3. The SMILES string of the molecule is CN1CCC(c2ccccc2)(c2cc(C(=O)NCCCOCCC=O)ccc2O)CC1. The lowest BCUT2D eigenvalue weighted by atomic mass is 9.67. The third-order valence-electron chi connectivity index (χ3n) is 6.07. The molecule has 0 aromatic heterocycles. The highest BCUT2D eigenvalue weighted by Gasteiger charge is 2.39. The molecule has 1 aliphatic rings. The van der Waals surface area contributed by atoms with Crippen LogP contribution in [0, 0.1) is 0 Å². The molecule has 1 heterocycles. The molecule has 1 aliphatic heterocycles. The molecule has 31 heavy (non-hydrogen) atoms. The largest absolute Gasteiger partial charge is 0.508 e. The number of ether oxygens (including phenoxy) is 1. The summed E-state index contributed by atoms with van der Waals surface area (Å²) in [5, 5.41) is 13.7. The summed E-state index contributed by atoms with van der Waals surface area (Å²) in [6.45, 7) is 3.25. The van der Waals surface area contributed by atoms with Crippen LogP contribution in [0.4, 0.5) is 0 Å². The van der Waals surface area contributed by atoms with Gasteiger partial charge >= 0.3 is 0 Å². The molecule has 0 aliphatic carbocycles. The van der Waals surface area contributed by atoms with Gasteiger partial charge < -0.3 is 24.9 Å². The number of hydrogen-bond acceptors (Lipinski definition) is 5. The van der Waals surface area contributed by atoms with Gasteiger partial charge in [-0.05, 0) is 63.2 Å². The molecule has 0 bridgehead atoms. The molecule has 1 fully saturated rings. The predicted molar refractivity (Wildman–Crippen MR) is 121 cm³/mol. The van der Waals surface area contributed by atoms with Crippen LogP contribution >= 0.6 is 0 Å². The second-order valence-electron chi connectivity index (χ2n) is 8.16. The van der Waals surface area contributed by atoms with Crippen molar-refractivity contribution in [2.45, 2.75) is 31.1 Å². The fourth-order valence-corrected chi connectivity index (χ4v) is 4.24. The maximum atomic E-state index is 12.7. The Morgan fingerprint density at radius 2 is 1.90 bits per heavy atom. The number of nitrogens with one attached hydrogen (secondary N) is 1. The van der Waals surface area contributed by atoms with E-state index < -0.39 is 0 Å². The summed E-state index contributed by atoms with van der Waals surface area (Å²) in [5.74, 6) is 0.0683. The van der Waals surface area contributed by atoms with Gasteiger partial charge in [0.25, 0.3) is 5.91 Å². The average Bonchev–Trinajstić information content (AvgIpc) is 2.80. The molecule has 166 valence electrons. The number of phenols is 1. The number of phenolic OH excluding ortho intramolecular Hbond substituents is 1. The first-order chi connectivity index (χ1) is 15.1. The molecule has 1 saturated heterocycles. The molecule has 3 rings (SSSR count). The van der Waals surface area contributed by atoms with Gasteiger partial charge in [-0.2, -0.15) is 0 Å². The first-order valence-electron chi connectivity index (χ1n) is 10.9. The molecule has 0 unspecified atom stereocenters. The van der Waals surface area contributed by atoms with E-state index in [2.05, 4.69) is 29.4 Å². The van der Waals surface area contributed by atoms with Gasteiger partial charge in [-0.3, -0.25) is 4.79 Å². The number of rotatable bonds is 10. The second-order valence-corrected chi connectivity index (χ2v) is 8.16. The van der Waals surface area contributed by atoms with Crippen LogP contribution in [-0.4, -0.2) is 62.1 Å². The van der Waals surface area contributed by atoms with Crippen LogP contribution in [0.25, 0.3) is 0 Å². The zero-order chi connectivity index (χ0) is 22.1. The van der Waals surface area contributed by atoms with Gasteiger partial charge in [0.05, 0.1) is 6.61 Å². The number of aldehydes is 1. The van der Waals surface area contributed by atoms with Gasteiger partial charge in [0.1, 0.15) is 12.0 Å². The number of carbonyl (C=O) groups is 2. The predicted octanol–water partition coefficient (Wildman–Crippen LogP) is 3.13. The van der Waals surface area contributed by atoms with Crippen molar-refractivity contribution in [2.24, 2.45) is 0 Å². The number of aromatic hydroxyl groups is 1. The van der Waals surface area contributed by atoms with Gasteiger partial charge in [-0.25, -0.2) is 0 Å². The van der Waals surface area contributed by atoms with Crippen molar-refractivity contribution in [3.8, 4) is 5.75 Å². The molecule has 0 radical (unpaired) electrons. The highest BCUT2D eigenvalue weighted by atomic mass is 16.5. The summed E-state index contributed by atoms with van der Waals surface area (Å²) in [6.07, 6.45) is 3.66. The van der Waals surface area contributed by atoms with Crippen molar-refractivity contribution >= 4 is 12.2 Å². The summed E-state index contributed by atoms with van der Waals surface area (Å²) in [7, 11) is 2.11. The minimum Gasteiger partial charge on any atom is -0.508 e. The molecule has 0 spiro atoms. The number of amides is 1. The third-order valence-corrected chi connectivity index (χ3v) is 6.07. The molecule has 2 aromatic carbocycles. The summed E-state index contributed by atoms with van der Waals surface area (Å²) in [6, 6.07) is 15.4. The van der Waals surface area contributed by atoms with Crippen molar-refractivity contribution < 1.29 is 19.4 Å². The Labute approximate surface area is 184 Å². The quantitative estimate of drug-likeness (QED) is 0.453. The highest BCUT2D eigenvalue weighted by Crippen LogP contribution is 2.45.